The highest BCUT2D eigenvalue weighted by Gasteiger charge is 2.32. The fraction of sp³-hybridized carbons (Fsp3) is 0.417. The number of carbonyl (C=O) groups is 1. The van der Waals surface area contributed by atoms with Crippen LogP contribution in [0.1, 0.15) is 5.56 Å². The number of benzene rings is 1. The molecule has 5 nitrogen and oxygen atoms in total. The maximum absolute atomic E-state index is 12.2. The van der Waals surface area contributed by atoms with Crippen LogP contribution in [0.3, 0.4) is 0 Å². The predicted molar refractivity (Wildman–Crippen MR) is 64.8 cm³/mol. The Balaban J connectivity index is 2.66. The molecule has 8 heteroatoms. The Labute approximate surface area is 113 Å². The molecule has 0 saturated heterocycles. The van der Waals surface area contributed by atoms with Crippen LogP contribution in [-0.2, 0) is 16.1 Å². The molecular formula is C12H15F3N2O3. The first-order valence-electron chi connectivity index (χ1n) is 5.69. The molecule has 1 rings (SSSR count). The Morgan fingerprint density at radius 3 is 2.65 bits per heavy atom. The van der Waals surface area contributed by atoms with Crippen LogP contribution in [-0.4, -0.2) is 32.0 Å². The summed E-state index contributed by atoms with van der Waals surface area (Å²) < 4.78 is 45.2. The summed E-state index contributed by atoms with van der Waals surface area (Å²) in [5.41, 5.74) is 5.68. The van der Waals surface area contributed by atoms with Gasteiger partial charge in [-0.25, -0.2) is 0 Å². The monoisotopic (exact) mass is 292 g/mol. The second-order valence-corrected chi connectivity index (χ2v) is 3.94. The van der Waals surface area contributed by atoms with Gasteiger partial charge in [0.05, 0.1) is 6.61 Å². The summed E-state index contributed by atoms with van der Waals surface area (Å²) in [6, 6.07) is 4.66. The first kappa shape index (κ1) is 16.3. The van der Waals surface area contributed by atoms with Gasteiger partial charge in [0.15, 0.2) is 0 Å². The number of rotatable bonds is 6. The van der Waals surface area contributed by atoms with Crippen molar-refractivity contribution in [2.45, 2.75) is 18.9 Å². The highest BCUT2D eigenvalue weighted by atomic mass is 19.4. The van der Waals surface area contributed by atoms with Crippen LogP contribution < -0.4 is 15.8 Å². The fourth-order valence-corrected chi connectivity index (χ4v) is 1.44. The molecule has 1 aromatic carbocycles. The third-order valence-electron chi connectivity index (χ3n) is 2.33. The number of hydrogen-bond donors (Lipinski definition) is 2. The van der Waals surface area contributed by atoms with Crippen LogP contribution in [0, 0.1) is 0 Å². The van der Waals surface area contributed by atoms with E-state index in [1.807, 2.05) is 0 Å². The van der Waals surface area contributed by atoms with E-state index in [1.54, 1.807) is 6.07 Å². The van der Waals surface area contributed by atoms with Gasteiger partial charge in [0.25, 0.3) is 0 Å². The van der Waals surface area contributed by atoms with Crippen molar-refractivity contribution >= 4 is 5.91 Å². The minimum Gasteiger partial charge on any atom is -0.405 e. The highest BCUT2D eigenvalue weighted by Crippen LogP contribution is 2.25. The first-order chi connectivity index (χ1) is 9.33. The molecule has 0 aliphatic rings. The summed E-state index contributed by atoms with van der Waals surface area (Å²) in [5, 5.41) is 2.42. The normalized spacial score (nSPS) is 12.8. The Bertz CT molecular complexity index is 452. The van der Waals surface area contributed by atoms with Crippen molar-refractivity contribution in [3.63, 3.8) is 0 Å². The lowest BCUT2D eigenvalue weighted by atomic mass is 10.2. The summed E-state index contributed by atoms with van der Waals surface area (Å²) in [6.45, 7) is -0.102. The van der Waals surface area contributed by atoms with Crippen molar-refractivity contribution in [3.05, 3.63) is 29.8 Å². The molecule has 0 aliphatic carbocycles. The molecular weight excluding hydrogens is 277 g/mol. The minimum atomic E-state index is -4.79. The lowest BCUT2D eigenvalue weighted by molar-refractivity contribution is -0.274. The van der Waals surface area contributed by atoms with Gasteiger partial charge in [-0.2, -0.15) is 0 Å². The van der Waals surface area contributed by atoms with E-state index in [9.17, 15) is 18.0 Å². The van der Waals surface area contributed by atoms with Gasteiger partial charge in [-0.1, -0.05) is 18.2 Å². The summed E-state index contributed by atoms with van der Waals surface area (Å²) in [4.78, 5) is 11.5. The molecule has 1 aromatic rings. The molecule has 0 bridgehead atoms. The lowest BCUT2D eigenvalue weighted by Gasteiger charge is -2.15. The molecule has 1 amide bonds. The van der Waals surface area contributed by atoms with Crippen LogP contribution in [0.5, 0.6) is 5.75 Å². The van der Waals surface area contributed by atoms with E-state index >= 15 is 0 Å². The van der Waals surface area contributed by atoms with Crippen LogP contribution in [0.25, 0.3) is 0 Å². The average Bonchev–Trinajstić information content (AvgIpc) is 2.35. The molecule has 0 aliphatic heterocycles. The predicted octanol–water partition coefficient (Wildman–Crippen LogP) is 1.18. The summed E-state index contributed by atoms with van der Waals surface area (Å²) >= 11 is 0. The second-order valence-electron chi connectivity index (χ2n) is 3.94. The summed E-state index contributed by atoms with van der Waals surface area (Å²) in [7, 11) is 1.39. The quantitative estimate of drug-likeness (QED) is 0.825. The number of halogens is 3. The van der Waals surface area contributed by atoms with Crippen LogP contribution in [0.15, 0.2) is 24.3 Å². The third kappa shape index (κ3) is 5.45. The van der Waals surface area contributed by atoms with Gasteiger partial charge in [-0.3, -0.25) is 4.79 Å². The van der Waals surface area contributed by atoms with Gasteiger partial charge in [-0.05, 0) is 6.07 Å². The van der Waals surface area contributed by atoms with E-state index < -0.39 is 18.3 Å². The number of amides is 1. The number of nitrogens with one attached hydrogen (secondary N) is 1. The maximum atomic E-state index is 12.2. The summed E-state index contributed by atoms with van der Waals surface area (Å²) in [5.74, 6) is -0.880. The molecule has 1 atom stereocenters. The van der Waals surface area contributed by atoms with Crippen molar-refractivity contribution < 1.29 is 27.4 Å². The van der Waals surface area contributed by atoms with Crippen LogP contribution in [0.4, 0.5) is 13.2 Å². The number of nitrogens with two attached hydrogens (primary N) is 1. The topological polar surface area (TPSA) is 73.6 Å². The fourth-order valence-electron chi connectivity index (χ4n) is 1.44. The van der Waals surface area contributed by atoms with E-state index in [1.165, 1.54) is 25.3 Å². The zero-order valence-corrected chi connectivity index (χ0v) is 10.7. The Hall–Kier alpha value is -1.80. The number of carbonyl (C=O) groups excluding carboxylic acids is 1. The van der Waals surface area contributed by atoms with E-state index in [0.717, 1.165) is 0 Å². The Morgan fingerprint density at radius 2 is 2.05 bits per heavy atom. The van der Waals surface area contributed by atoms with E-state index in [4.69, 9.17) is 10.5 Å². The van der Waals surface area contributed by atoms with Crippen molar-refractivity contribution in [1.82, 2.24) is 5.32 Å². The molecule has 112 valence electrons. The van der Waals surface area contributed by atoms with Crippen molar-refractivity contribution in [3.8, 4) is 5.75 Å². The SMILES string of the molecule is COCC(N)C(=O)NCc1ccccc1OC(F)(F)F. The number of ether oxygens (including phenoxy) is 2. The van der Waals surface area contributed by atoms with Crippen molar-refractivity contribution in [2.24, 2.45) is 5.73 Å². The Morgan fingerprint density at radius 1 is 1.40 bits per heavy atom. The van der Waals surface area contributed by atoms with Gasteiger partial charge >= 0.3 is 6.36 Å². The molecule has 3 N–H and O–H groups in total. The number of hydrogen-bond acceptors (Lipinski definition) is 4. The van der Waals surface area contributed by atoms with Gasteiger partial charge in [0, 0.05) is 19.2 Å². The summed E-state index contributed by atoms with van der Waals surface area (Å²) in [6.07, 6.45) is -4.79. The van der Waals surface area contributed by atoms with Gasteiger partial charge in [-0.15, -0.1) is 13.2 Å². The van der Waals surface area contributed by atoms with E-state index in [2.05, 4.69) is 10.1 Å². The van der Waals surface area contributed by atoms with Gasteiger partial charge in [0.1, 0.15) is 11.8 Å². The Kier molecular flexibility index (Phi) is 5.78. The molecule has 20 heavy (non-hydrogen) atoms. The zero-order chi connectivity index (χ0) is 15.2. The number of methoxy groups -OCH3 is 1. The first-order valence-corrected chi connectivity index (χ1v) is 5.69. The minimum absolute atomic E-state index is 0.0204. The van der Waals surface area contributed by atoms with Crippen molar-refractivity contribution in [1.29, 1.82) is 0 Å². The third-order valence-corrected chi connectivity index (χ3v) is 2.33. The molecule has 0 fully saturated rings. The maximum Gasteiger partial charge on any atom is 0.573 e. The number of alkyl halides is 3. The van der Waals surface area contributed by atoms with Crippen molar-refractivity contribution in [2.75, 3.05) is 13.7 Å². The van der Waals surface area contributed by atoms with Crippen LogP contribution >= 0.6 is 0 Å². The standard InChI is InChI=1S/C12H15F3N2O3/c1-19-7-9(16)11(18)17-6-8-4-2-3-5-10(8)20-12(13,14)15/h2-5,9H,6-7,16H2,1H3,(H,17,18). The average molecular weight is 292 g/mol. The van der Waals surface area contributed by atoms with Gasteiger partial charge in [0.2, 0.25) is 5.91 Å². The molecule has 0 spiro atoms. The largest absolute Gasteiger partial charge is 0.573 e. The smallest absolute Gasteiger partial charge is 0.405 e. The van der Waals surface area contributed by atoms with Gasteiger partial charge < -0.3 is 20.5 Å². The molecule has 1 unspecified atom stereocenters. The van der Waals surface area contributed by atoms with Crippen LogP contribution in [0.2, 0.25) is 0 Å². The zero-order valence-electron chi connectivity index (χ0n) is 10.7. The molecule has 0 saturated carbocycles. The molecule has 0 aromatic heterocycles. The lowest BCUT2D eigenvalue weighted by Crippen LogP contribution is -2.43. The van der Waals surface area contributed by atoms with E-state index in [-0.39, 0.29) is 24.5 Å². The molecule has 0 heterocycles. The second kappa shape index (κ2) is 7.11. The number of para-hydroxylation sites is 1. The van der Waals surface area contributed by atoms with E-state index in [0.29, 0.717) is 0 Å². The molecule has 0 radical (unpaired) electrons. The highest BCUT2D eigenvalue weighted by molar-refractivity contribution is 5.81.